The quantitative estimate of drug-likeness (QED) is 0.882. The number of H-pyrrole nitrogens is 1. The molecule has 0 aliphatic heterocycles. The molecule has 2 aromatic rings. The van der Waals surface area contributed by atoms with Crippen molar-refractivity contribution in [1.82, 2.24) is 15.3 Å². The van der Waals surface area contributed by atoms with Gasteiger partial charge in [-0.05, 0) is 44.6 Å². The molecule has 0 radical (unpaired) electrons. The maximum atomic E-state index is 12.6. The molecule has 3 rings (SSSR count). The molecular formula is C17H25N3O2S. The number of thiophene rings is 1. The Morgan fingerprint density at radius 1 is 1.48 bits per heavy atom. The number of aryl methyl sites for hydroxylation is 1. The first-order chi connectivity index (χ1) is 11.0. The number of nitrogens with one attached hydrogen (secondary N) is 2. The van der Waals surface area contributed by atoms with E-state index in [4.69, 9.17) is 9.72 Å². The van der Waals surface area contributed by atoms with Gasteiger partial charge in [0, 0.05) is 18.0 Å². The Balaban J connectivity index is 1.94. The Morgan fingerprint density at radius 3 is 3.00 bits per heavy atom. The predicted octanol–water partition coefficient (Wildman–Crippen LogP) is 2.79. The molecule has 0 unspecified atom stereocenters. The molecule has 2 N–H and O–H groups in total. The maximum absolute atomic E-state index is 12.6. The first-order valence-electron chi connectivity index (χ1n) is 8.29. The molecule has 0 bridgehead atoms. The molecule has 2 heterocycles. The molecule has 1 aliphatic rings. The summed E-state index contributed by atoms with van der Waals surface area (Å²) in [6.45, 7) is 6.98. The molecule has 0 amide bonds. The Bertz CT molecular complexity index is 752. The zero-order valence-corrected chi connectivity index (χ0v) is 15.0. The number of nitrogens with zero attached hydrogens (tertiary/aromatic N) is 1. The second-order valence-electron chi connectivity index (χ2n) is 6.73. The van der Waals surface area contributed by atoms with Crippen molar-refractivity contribution in [1.29, 1.82) is 0 Å². The lowest BCUT2D eigenvalue weighted by atomic mass is 9.89. The van der Waals surface area contributed by atoms with Crippen LogP contribution in [0, 0.1) is 5.92 Å². The zero-order valence-electron chi connectivity index (χ0n) is 14.2. The van der Waals surface area contributed by atoms with Gasteiger partial charge in [0.2, 0.25) is 0 Å². The van der Waals surface area contributed by atoms with Gasteiger partial charge in [0.25, 0.3) is 5.56 Å². The van der Waals surface area contributed by atoms with Gasteiger partial charge in [0.05, 0.1) is 18.0 Å². The van der Waals surface area contributed by atoms with Crippen LogP contribution < -0.4 is 10.9 Å². The number of ether oxygens (including phenoxy) is 1. The molecule has 3 atom stereocenters. The van der Waals surface area contributed by atoms with Gasteiger partial charge in [-0.1, -0.05) is 6.92 Å². The Kier molecular flexibility index (Phi) is 4.85. The van der Waals surface area contributed by atoms with Crippen molar-refractivity contribution < 1.29 is 4.74 Å². The summed E-state index contributed by atoms with van der Waals surface area (Å²) in [7, 11) is 1.69. The van der Waals surface area contributed by atoms with Crippen LogP contribution in [0.1, 0.15) is 49.5 Å². The maximum Gasteiger partial charge on any atom is 0.259 e. The van der Waals surface area contributed by atoms with Crippen LogP contribution in [0.25, 0.3) is 10.2 Å². The highest BCUT2D eigenvalue weighted by Gasteiger charge is 2.23. The van der Waals surface area contributed by atoms with Gasteiger partial charge >= 0.3 is 0 Å². The van der Waals surface area contributed by atoms with Crippen LogP contribution in [0.3, 0.4) is 0 Å². The molecule has 0 saturated heterocycles. The second kappa shape index (κ2) is 6.71. The fourth-order valence-corrected chi connectivity index (χ4v) is 4.76. The van der Waals surface area contributed by atoms with Crippen molar-refractivity contribution in [3.8, 4) is 0 Å². The van der Waals surface area contributed by atoms with Crippen LogP contribution in [0.5, 0.6) is 0 Å². The molecule has 0 saturated carbocycles. The summed E-state index contributed by atoms with van der Waals surface area (Å²) in [5.74, 6) is 1.40. The highest BCUT2D eigenvalue weighted by Crippen LogP contribution is 2.35. The van der Waals surface area contributed by atoms with Gasteiger partial charge in [-0.2, -0.15) is 0 Å². The second-order valence-corrected chi connectivity index (χ2v) is 7.81. The summed E-state index contributed by atoms with van der Waals surface area (Å²) in [6, 6.07) is 0.184. The third kappa shape index (κ3) is 3.34. The topological polar surface area (TPSA) is 67.0 Å². The van der Waals surface area contributed by atoms with E-state index in [2.05, 4.69) is 24.1 Å². The van der Waals surface area contributed by atoms with E-state index < -0.39 is 0 Å². The van der Waals surface area contributed by atoms with Gasteiger partial charge < -0.3 is 15.0 Å². The zero-order chi connectivity index (χ0) is 16.6. The average Bonchev–Trinajstić information content (AvgIpc) is 2.84. The molecule has 0 spiro atoms. The van der Waals surface area contributed by atoms with E-state index in [0.717, 1.165) is 29.5 Å². The van der Waals surface area contributed by atoms with Gasteiger partial charge in [-0.3, -0.25) is 4.79 Å². The van der Waals surface area contributed by atoms with Crippen LogP contribution in [-0.2, 0) is 17.6 Å². The van der Waals surface area contributed by atoms with Gasteiger partial charge in [0.1, 0.15) is 10.7 Å². The van der Waals surface area contributed by atoms with E-state index in [1.54, 1.807) is 18.4 Å². The fraction of sp³-hybridized carbons (Fsp3) is 0.647. The average molecular weight is 335 g/mol. The number of rotatable bonds is 5. The third-order valence-corrected chi connectivity index (χ3v) is 5.69. The molecule has 0 fully saturated rings. The molecule has 2 aromatic heterocycles. The smallest absolute Gasteiger partial charge is 0.259 e. The number of hydrogen-bond donors (Lipinski definition) is 2. The summed E-state index contributed by atoms with van der Waals surface area (Å²) in [4.78, 5) is 22.5. The van der Waals surface area contributed by atoms with Crippen LogP contribution in [0.15, 0.2) is 4.79 Å². The van der Waals surface area contributed by atoms with Crippen molar-refractivity contribution >= 4 is 21.6 Å². The van der Waals surface area contributed by atoms with Gasteiger partial charge in [-0.15, -0.1) is 11.3 Å². The van der Waals surface area contributed by atoms with Crippen molar-refractivity contribution in [2.45, 2.75) is 52.1 Å². The highest BCUT2D eigenvalue weighted by atomic mass is 32.1. The van der Waals surface area contributed by atoms with Crippen LogP contribution >= 0.6 is 11.3 Å². The Morgan fingerprint density at radius 2 is 2.26 bits per heavy atom. The minimum absolute atomic E-state index is 0.00472. The van der Waals surface area contributed by atoms with E-state index >= 15 is 0 Å². The van der Waals surface area contributed by atoms with Crippen molar-refractivity contribution in [2.24, 2.45) is 5.92 Å². The van der Waals surface area contributed by atoms with Crippen molar-refractivity contribution in [3.63, 3.8) is 0 Å². The summed E-state index contributed by atoms with van der Waals surface area (Å²) in [6.07, 6.45) is 3.23. The molecule has 6 heteroatoms. The summed E-state index contributed by atoms with van der Waals surface area (Å²) < 4.78 is 5.15. The van der Waals surface area contributed by atoms with E-state index in [-0.39, 0.29) is 17.6 Å². The minimum atomic E-state index is -0.0182. The van der Waals surface area contributed by atoms with Gasteiger partial charge in [-0.25, -0.2) is 4.98 Å². The Labute approximate surface area is 140 Å². The molecule has 0 aromatic carbocycles. The highest BCUT2D eigenvalue weighted by molar-refractivity contribution is 7.18. The van der Waals surface area contributed by atoms with Crippen molar-refractivity contribution in [3.05, 3.63) is 26.6 Å². The van der Waals surface area contributed by atoms with E-state index in [0.29, 0.717) is 18.3 Å². The number of methoxy groups -OCH3 is 1. The summed E-state index contributed by atoms with van der Waals surface area (Å²) in [5, 5.41) is 4.22. The standard InChI is InChI=1S/C17H25N3O2S/c1-9-5-6-12-13(7-9)23-17-14(12)16(21)19-15(20-17)11(3)18-10(2)8-22-4/h9-11,18H,5-8H2,1-4H3,(H,19,20,21)/t9-,10+,11+/m1/s1. The van der Waals surface area contributed by atoms with E-state index in [1.807, 2.05) is 6.92 Å². The number of aromatic amines is 1. The van der Waals surface area contributed by atoms with E-state index in [9.17, 15) is 4.79 Å². The monoisotopic (exact) mass is 335 g/mol. The molecule has 126 valence electrons. The molecule has 5 nitrogen and oxygen atoms in total. The lowest BCUT2D eigenvalue weighted by Gasteiger charge is -2.19. The normalized spacial score (nSPS) is 20.4. The fourth-order valence-electron chi connectivity index (χ4n) is 3.37. The first kappa shape index (κ1) is 16.6. The minimum Gasteiger partial charge on any atom is -0.383 e. The predicted molar refractivity (Wildman–Crippen MR) is 94.3 cm³/mol. The van der Waals surface area contributed by atoms with Crippen LogP contribution in [0.4, 0.5) is 0 Å². The number of aromatic nitrogens is 2. The SMILES string of the molecule is COC[C@H](C)N[C@@H](C)c1nc2sc3c(c2c(=O)[nH]1)CC[C@@H](C)C3. The lowest BCUT2D eigenvalue weighted by Crippen LogP contribution is -2.34. The lowest BCUT2D eigenvalue weighted by molar-refractivity contribution is 0.167. The molecule has 23 heavy (non-hydrogen) atoms. The molecule has 1 aliphatic carbocycles. The molecular weight excluding hydrogens is 310 g/mol. The van der Waals surface area contributed by atoms with Gasteiger partial charge in [0.15, 0.2) is 0 Å². The van der Waals surface area contributed by atoms with Crippen LogP contribution in [-0.4, -0.2) is 29.7 Å². The van der Waals surface area contributed by atoms with E-state index in [1.165, 1.54) is 10.4 Å². The van der Waals surface area contributed by atoms with Crippen LogP contribution in [0.2, 0.25) is 0 Å². The third-order valence-electron chi connectivity index (χ3n) is 4.55. The van der Waals surface area contributed by atoms with Crippen molar-refractivity contribution in [2.75, 3.05) is 13.7 Å². The Hall–Kier alpha value is -1.24. The summed E-state index contributed by atoms with van der Waals surface area (Å²) in [5.41, 5.74) is 1.24. The summed E-state index contributed by atoms with van der Waals surface area (Å²) >= 11 is 1.69. The number of hydrogen-bond acceptors (Lipinski definition) is 5. The first-order valence-corrected chi connectivity index (χ1v) is 9.10. The largest absolute Gasteiger partial charge is 0.383 e. The number of fused-ring (bicyclic) bond motifs is 3.